The molecule has 0 radical (unpaired) electrons. The quantitative estimate of drug-likeness (QED) is 0.773. The highest BCUT2D eigenvalue weighted by molar-refractivity contribution is 5.76. The number of oxazole rings is 1. The molecule has 4 nitrogen and oxygen atoms in total. The minimum atomic E-state index is -0.876. The Morgan fingerprint density at radius 2 is 1.95 bits per heavy atom. The zero-order chi connectivity index (χ0) is 14.1. The summed E-state index contributed by atoms with van der Waals surface area (Å²) in [6, 6.07) is 8.83. The van der Waals surface area contributed by atoms with Crippen molar-refractivity contribution in [2.75, 3.05) is 5.32 Å². The van der Waals surface area contributed by atoms with Crippen LogP contribution in [-0.4, -0.2) is 4.98 Å². The van der Waals surface area contributed by atoms with E-state index in [1.165, 1.54) is 6.07 Å². The molecule has 1 heterocycles. The van der Waals surface area contributed by atoms with Gasteiger partial charge in [-0.15, -0.1) is 0 Å². The van der Waals surface area contributed by atoms with Crippen molar-refractivity contribution in [3.8, 4) is 0 Å². The molecular formula is C14H10F2N2O2. The molecule has 0 aliphatic rings. The average Bonchev–Trinajstić information content (AvgIpc) is 2.79. The van der Waals surface area contributed by atoms with Crippen molar-refractivity contribution in [1.82, 2.24) is 4.98 Å². The number of rotatable bonds is 3. The minimum Gasteiger partial charge on any atom is -0.408 e. The number of hydrogen-bond acceptors (Lipinski definition) is 3. The van der Waals surface area contributed by atoms with E-state index < -0.39 is 17.4 Å². The molecule has 0 saturated carbocycles. The number of nitrogens with one attached hydrogen (secondary N) is 2. The van der Waals surface area contributed by atoms with E-state index >= 15 is 0 Å². The van der Waals surface area contributed by atoms with E-state index in [1.807, 2.05) is 0 Å². The smallest absolute Gasteiger partial charge is 0.408 e. The third-order valence-electron chi connectivity index (χ3n) is 2.90. The van der Waals surface area contributed by atoms with Crippen LogP contribution >= 0.6 is 0 Å². The fourth-order valence-electron chi connectivity index (χ4n) is 1.92. The molecule has 20 heavy (non-hydrogen) atoms. The molecule has 0 fully saturated rings. The summed E-state index contributed by atoms with van der Waals surface area (Å²) in [5.41, 5.74) is 2.39. The first-order chi connectivity index (χ1) is 9.61. The van der Waals surface area contributed by atoms with Crippen LogP contribution in [0.5, 0.6) is 0 Å². The maximum absolute atomic E-state index is 13.1. The van der Waals surface area contributed by atoms with Crippen molar-refractivity contribution in [1.29, 1.82) is 0 Å². The normalized spacial score (nSPS) is 10.9. The Bertz CT molecular complexity index is 823. The Balaban J connectivity index is 1.78. The number of benzene rings is 2. The van der Waals surface area contributed by atoms with Gasteiger partial charge in [0.1, 0.15) is 0 Å². The fraction of sp³-hybridized carbons (Fsp3) is 0.0714. The van der Waals surface area contributed by atoms with Crippen LogP contribution in [0.25, 0.3) is 11.1 Å². The first-order valence-electron chi connectivity index (χ1n) is 5.92. The summed E-state index contributed by atoms with van der Waals surface area (Å²) in [7, 11) is 0. The molecule has 0 amide bonds. The average molecular weight is 276 g/mol. The van der Waals surface area contributed by atoms with E-state index in [4.69, 9.17) is 4.42 Å². The highest BCUT2D eigenvalue weighted by Gasteiger charge is 2.04. The molecule has 1 aromatic heterocycles. The van der Waals surface area contributed by atoms with Crippen LogP contribution in [0.2, 0.25) is 0 Å². The van der Waals surface area contributed by atoms with Crippen molar-refractivity contribution in [3.05, 3.63) is 64.1 Å². The van der Waals surface area contributed by atoms with Gasteiger partial charge in [0.2, 0.25) is 0 Å². The molecule has 3 aromatic rings. The summed E-state index contributed by atoms with van der Waals surface area (Å²) in [6.07, 6.45) is 0. The van der Waals surface area contributed by atoms with Crippen molar-refractivity contribution in [2.45, 2.75) is 6.54 Å². The zero-order valence-electron chi connectivity index (χ0n) is 10.2. The topological polar surface area (TPSA) is 58.0 Å². The summed E-state index contributed by atoms with van der Waals surface area (Å²) in [5.74, 6) is -2.26. The van der Waals surface area contributed by atoms with Gasteiger partial charge in [-0.25, -0.2) is 13.6 Å². The lowest BCUT2D eigenvalue weighted by Crippen LogP contribution is -2.00. The van der Waals surface area contributed by atoms with E-state index in [9.17, 15) is 13.6 Å². The van der Waals surface area contributed by atoms with Gasteiger partial charge in [0.25, 0.3) is 0 Å². The lowest BCUT2D eigenvalue weighted by Gasteiger charge is -2.06. The van der Waals surface area contributed by atoms with Gasteiger partial charge in [0.05, 0.1) is 5.52 Å². The molecule has 102 valence electrons. The molecular weight excluding hydrogens is 266 g/mol. The molecule has 0 bridgehead atoms. The third-order valence-corrected chi connectivity index (χ3v) is 2.90. The van der Waals surface area contributed by atoms with Crippen molar-refractivity contribution >= 4 is 16.8 Å². The van der Waals surface area contributed by atoms with Crippen LogP contribution in [-0.2, 0) is 6.54 Å². The largest absolute Gasteiger partial charge is 0.417 e. The molecule has 0 aliphatic carbocycles. The van der Waals surface area contributed by atoms with Gasteiger partial charge in [-0.05, 0) is 35.9 Å². The van der Waals surface area contributed by atoms with Crippen LogP contribution in [0.15, 0.2) is 45.6 Å². The van der Waals surface area contributed by atoms with Crippen LogP contribution in [0.1, 0.15) is 5.56 Å². The lowest BCUT2D eigenvalue weighted by atomic mass is 10.2. The Hall–Kier alpha value is -2.63. The number of aromatic amines is 1. The predicted octanol–water partition coefficient (Wildman–Crippen LogP) is 3.01. The maximum Gasteiger partial charge on any atom is 0.417 e. The molecule has 0 aliphatic heterocycles. The van der Waals surface area contributed by atoms with Crippen molar-refractivity contribution in [3.63, 3.8) is 0 Å². The second-order valence-corrected chi connectivity index (χ2v) is 4.33. The monoisotopic (exact) mass is 276 g/mol. The van der Waals surface area contributed by atoms with Gasteiger partial charge in [-0.2, -0.15) is 0 Å². The zero-order valence-corrected chi connectivity index (χ0v) is 10.2. The Morgan fingerprint density at radius 3 is 2.75 bits per heavy atom. The first kappa shape index (κ1) is 12.4. The maximum atomic E-state index is 13.1. The standard InChI is InChI=1S/C14H10F2N2O2/c15-10-3-1-8(5-11(10)16)7-17-9-2-4-13-12(6-9)18-14(19)20-13/h1-6,17H,7H2,(H,18,19). The Morgan fingerprint density at radius 1 is 1.10 bits per heavy atom. The van der Waals surface area contributed by atoms with Crippen molar-refractivity contribution < 1.29 is 13.2 Å². The molecule has 0 spiro atoms. The van der Waals surface area contributed by atoms with Gasteiger partial charge < -0.3 is 9.73 Å². The van der Waals surface area contributed by atoms with Crippen LogP contribution in [0, 0.1) is 11.6 Å². The number of halogens is 2. The third kappa shape index (κ3) is 2.40. The Labute approximate surface area is 112 Å². The second kappa shape index (κ2) is 4.80. The number of H-pyrrole nitrogens is 1. The van der Waals surface area contributed by atoms with E-state index in [2.05, 4.69) is 10.3 Å². The minimum absolute atomic E-state index is 0.338. The first-order valence-corrected chi connectivity index (χ1v) is 5.92. The highest BCUT2D eigenvalue weighted by Crippen LogP contribution is 2.17. The van der Waals surface area contributed by atoms with Crippen molar-refractivity contribution in [2.24, 2.45) is 0 Å². The number of hydrogen-bond donors (Lipinski definition) is 2. The summed E-state index contributed by atoms with van der Waals surface area (Å²) in [6.45, 7) is 0.338. The second-order valence-electron chi connectivity index (χ2n) is 4.33. The highest BCUT2D eigenvalue weighted by atomic mass is 19.2. The molecule has 0 saturated heterocycles. The van der Waals surface area contributed by atoms with E-state index in [1.54, 1.807) is 18.2 Å². The number of fused-ring (bicyclic) bond motifs is 1. The predicted molar refractivity (Wildman–Crippen MR) is 70.5 cm³/mol. The molecule has 2 aromatic carbocycles. The molecule has 3 rings (SSSR count). The van der Waals surface area contributed by atoms with Gasteiger partial charge in [-0.3, -0.25) is 4.98 Å². The molecule has 0 unspecified atom stereocenters. The number of aromatic nitrogens is 1. The summed E-state index contributed by atoms with van der Waals surface area (Å²) in [5, 5.41) is 3.06. The molecule has 0 atom stereocenters. The van der Waals surface area contributed by atoms with E-state index in [0.29, 0.717) is 23.2 Å². The Kier molecular flexibility index (Phi) is 2.98. The van der Waals surface area contributed by atoms with Crippen LogP contribution in [0.4, 0.5) is 14.5 Å². The van der Waals surface area contributed by atoms with Gasteiger partial charge >= 0.3 is 5.76 Å². The van der Waals surface area contributed by atoms with Gasteiger partial charge in [0.15, 0.2) is 17.2 Å². The van der Waals surface area contributed by atoms with E-state index in [-0.39, 0.29) is 0 Å². The lowest BCUT2D eigenvalue weighted by molar-refractivity contribution is 0.507. The summed E-state index contributed by atoms with van der Waals surface area (Å²) < 4.78 is 30.7. The van der Waals surface area contributed by atoms with Gasteiger partial charge in [-0.1, -0.05) is 6.07 Å². The molecule has 2 N–H and O–H groups in total. The summed E-state index contributed by atoms with van der Waals surface area (Å²) in [4.78, 5) is 13.6. The molecule has 6 heteroatoms. The fourth-order valence-corrected chi connectivity index (χ4v) is 1.92. The van der Waals surface area contributed by atoms with Crippen LogP contribution < -0.4 is 11.1 Å². The van der Waals surface area contributed by atoms with Crippen LogP contribution in [0.3, 0.4) is 0 Å². The summed E-state index contributed by atoms with van der Waals surface area (Å²) >= 11 is 0. The SMILES string of the molecule is O=c1[nH]c2cc(NCc3ccc(F)c(F)c3)ccc2o1. The van der Waals surface area contributed by atoms with E-state index in [0.717, 1.165) is 17.8 Å². The van der Waals surface area contributed by atoms with Gasteiger partial charge in [0, 0.05) is 12.2 Å². The number of anilines is 1.